The molecule has 0 saturated heterocycles. The van der Waals surface area contributed by atoms with Crippen LogP contribution in [0.5, 0.6) is 0 Å². The number of fused-ring (bicyclic) bond motifs is 3. The zero-order chi connectivity index (χ0) is 27.2. The second-order valence-corrected chi connectivity index (χ2v) is 10.2. The summed E-state index contributed by atoms with van der Waals surface area (Å²) >= 11 is 0. The molecular formula is C39H24N2. The lowest BCUT2D eigenvalue weighted by molar-refractivity contribution is 1.10. The molecule has 41 heavy (non-hydrogen) atoms. The molecule has 7 aromatic carbocycles. The fourth-order valence-electron chi connectivity index (χ4n) is 6.05. The average Bonchev–Trinajstić information content (AvgIpc) is 3.44. The van der Waals surface area contributed by atoms with Gasteiger partial charge in [-0.15, -0.1) is 0 Å². The number of hydrogen-bond acceptors (Lipinski definition) is 1. The molecule has 0 aliphatic heterocycles. The Bertz CT molecular complexity index is 2120. The van der Waals surface area contributed by atoms with Crippen molar-refractivity contribution >= 4 is 32.6 Å². The predicted octanol–water partition coefficient (Wildman–Crippen LogP) is 9.93. The molecule has 190 valence electrons. The van der Waals surface area contributed by atoms with Crippen LogP contribution in [0.15, 0.2) is 146 Å². The number of imidazole rings is 1. The van der Waals surface area contributed by atoms with E-state index in [1.54, 1.807) is 0 Å². The van der Waals surface area contributed by atoms with Gasteiger partial charge in [0.25, 0.3) is 0 Å². The highest BCUT2D eigenvalue weighted by molar-refractivity contribution is 6.20. The summed E-state index contributed by atoms with van der Waals surface area (Å²) in [6.45, 7) is 0. The third kappa shape index (κ3) is 3.79. The van der Waals surface area contributed by atoms with Crippen molar-refractivity contribution in [3.63, 3.8) is 0 Å². The summed E-state index contributed by atoms with van der Waals surface area (Å²) in [4.78, 5) is 5.01. The van der Waals surface area contributed by atoms with Gasteiger partial charge in [0.2, 0.25) is 0 Å². The predicted molar refractivity (Wildman–Crippen MR) is 170 cm³/mol. The minimum atomic E-state index is 0.936. The minimum Gasteiger partial charge on any atom is -0.292 e. The van der Waals surface area contributed by atoms with Crippen LogP contribution in [0.3, 0.4) is 0 Å². The number of benzene rings is 6. The number of aromatic nitrogens is 2. The van der Waals surface area contributed by atoms with Gasteiger partial charge >= 0.3 is 0 Å². The number of para-hydroxylation sites is 2. The number of nitrogens with zero attached hydrogens (tertiary/aromatic N) is 2. The van der Waals surface area contributed by atoms with E-state index in [1.807, 2.05) is 18.2 Å². The monoisotopic (exact) mass is 520 g/mol. The molecule has 8 rings (SSSR count). The van der Waals surface area contributed by atoms with Crippen LogP contribution in [0.25, 0.3) is 71.9 Å². The van der Waals surface area contributed by atoms with Gasteiger partial charge in [0.1, 0.15) is 5.82 Å². The molecule has 0 N–H and O–H groups in total. The number of rotatable bonds is 4. The average molecular weight is 521 g/mol. The molecule has 0 saturated carbocycles. The third-order valence-electron chi connectivity index (χ3n) is 7.85. The topological polar surface area (TPSA) is 17.8 Å². The summed E-state index contributed by atoms with van der Waals surface area (Å²) in [6.07, 6.45) is 0. The summed E-state index contributed by atoms with van der Waals surface area (Å²) < 4.78 is 2.25. The van der Waals surface area contributed by atoms with Crippen LogP contribution in [-0.2, 0) is 0 Å². The lowest BCUT2D eigenvalue weighted by Gasteiger charge is -2.17. The largest absolute Gasteiger partial charge is 0.292 e. The van der Waals surface area contributed by atoms with Crippen LogP contribution in [0.1, 0.15) is 0 Å². The fraction of sp³-hybridized carbons (Fsp3) is 0. The van der Waals surface area contributed by atoms with Gasteiger partial charge in [-0.25, -0.2) is 4.98 Å². The molecule has 0 spiro atoms. The Morgan fingerprint density at radius 3 is 1.85 bits per heavy atom. The molecule has 0 amide bonds. The minimum absolute atomic E-state index is 0.936. The summed E-state index contributed by atoms with van der Waals surface area (Å²) in [5, 5.41) is 4.70. The van der Waals surface area contributed by atoms with Gasteiger partial charge in [0.05, 0.1) is 11.0 Å². The lowest BCUT2D eigenvalue weighted by atomic mass is 9.86. The molecule has 1 heterocycles. The molecule has 2 nitrogen and oxygen atoms in total. The first-order valence-corrected chi connectivity index (χ1v) is 13.8. The van der Waals surface area contributed by atoms with Crippen molar-refractivity contribution in [1.29, 1.82) is 0 Å². The van der Waals surface area contributed by atoms with Gasteiger partial charge in [0, 0.05) is 22.2 Å². The zero-order valence-electron chi connectivity index (χ0n) is 22.3. The standard InChI is InChI=1S/C39H24N2/c1-3-13-27(14-4-1)37-31-17-7-9-19-33(31)38(34-20-10-8-18-32(34)37)28-23-25-30(26-24-28)41-36-22-12-11-21-35(36)40-39(41)29-15-5-2-6-16-29/h1-9,11-19,21-26H. The van der Waals surface area contributed by atoms with Crippen molar-refractivity contribution in [3.05, 3.63) is 158 Å². The molecule has 1 aromatic heterocycles. The fourth-order valence-corrected chi connectivity index (χ4v) is 6.05. The van der Waals surface area contributed by atoms with E-state index in [4.69, 9.17) is 4.98 Å². The second kappa shape index (κ2) is 9.52. The highest BCUT2D eigenvalue weighted by Crippen LogP contribution is 2.43. The van der Waals surface area contributed by atoms with Crippen LogP contribution in [0, 0.1) is 12.1 Å². The maximum Gasteiger partial charge on any atom is 0.145 e. The first-order chi connectivity index (χ1) is 20.4. The Hall–Kier alpha value is -5.65. The molecule has 0 unspecified atom stereocenters. The molecular weight excluding hydrogens is 496 g/mol. The Kier molecular flexibility index (Phi) is 5.40. The highest BCUT2D eigenvalue weighted by Gasteiger charge is 2.18. The van der Waals surface area contributed by atoms with Gasteiger partial charge in [-0.3, -0.25) is 4.57 Å². The van der Waals surface area contributed by atoms with Crippen LogP contribution < -0.4 is 0 Å². The Balaban J connectivity index is 1.35. The Morgan fingerprint density at radius 2 is 1.10 bits per heavy atom. The van der Waals surface area contributed by atoms with Crippen molar-refractivity contribution in [3.8, 4) is 39.3 Å². The normalized spacial score (nSPS) is 11.2. The van der Waals surface area contributed by atoms with Crippen LogP contribution in [-0.4, -0.2) is 9.55 Å². The lowest BCUT2D eigenvalue weighted by Crippen LogP contribution is -1.97. The molecule has 0 fully saturated rings. The Morgan fingerprint density at radius 1 is 0.488 bits per heavy atom. The van der Waals surface area contributed by atoms with Gasteiger partial charge in [0.15, 0.2) is 0 Å². The van der Waals surface area contributed by atoms with Crippen molar-refractivity contribution in [2.24, 2.45) is 0 Å². The quantitative estimate of drug-likeness (QED) is 0.226. The van der Waals surface area contributed by atoms with Gasteiger partial charge in [-0.1, -0.05) is 121 Å². The van der Waals surface area contributed by atoms with E-state index >= 15 is 0 Å². The Labute approximate surface area is 238 Å². The SMILES string of the molecule is c1ccc2c(-c3ccccc3)c3ccccc3c(-c3ccc(-n4c(-c5ccccc5)nc5ccccc54)cc3)c2c#1. The van der Waals surface area contributed by atoms with Crippen LogP contribution in [0.4, 0.5) is 0 Å². The first-order valence-electron chi connectivity index (χ1n) is 13.8. The molecule has 0 aliphatic carbocycles. The first kappa shape index (κ1) is 23.3. The summed E-state index contributed by atoms with van der Waals surface area (Å²) in [7, 11) is 0. The maximum absolute atomic E-state index is 5.01. The van der Waals surface area contributed by atoms with E-state index < -0.39 is 0 Å². The zero-order valence-corrected chi connectivity index (χ0v) is 22.3. The van der Waals surface area contributed by atoms with Gasteiger partial charge < -0.3 is 0 Å². The van der Waals surface area contributed by atoms with E-state index in [1.165, 1.54) is 32.8 Å². The van der Waals surface area contributed by atoms with E-state index in [-0.39, 0.29) is 0 Å². The van der Waals surface area contributed by atoms with Crippen molar-refractivity contribution in [2.45, 2.75) is 0 Å². The molecule has 0 radical (unpaired) electrons. The van der Waals surface area contributed by atoms with Crippen molar-refractivity contribution in [1.82, 2.24) is 9.55 Å². The van der Waals surface area contributed by atoms with Crippen LogP contribution in [0.2, 0.25) is 0 Å². The van der Waals surface area contributed by atoms with E-state index in [2.05, 4.69) is 144 Å². The summed E-state index contributed by atoms with van der Waals surface area (Å²) in [5.74, 6) is 0.936. The van der Waals surface area contributed by atoms with E-state index in [0.717, 1.165) is 39.1 Å². The second-order valence-electron chi connectivity index (χ2n) is 10.2. The molecule has 8 aromatic rings. The molecule has 0 aliphatic rings. The van der Waals surface area contributed by atoms with Crippen LogP contribution >= 0.6 is 0 Å². The summed E-state index contributed by atoms with van der Waals surface area (Å²) in [6, 6.07) is 57.8. The highest BCUT2D eigenvalue weighted by atomic mass is 15.1. The third-order valence-corrected chi connectivity index (χ3v) is 7.85. The molecule has 0 atom stereocenters. The number of hydrogen-bond donors (Lipinski definition) is 0. The maximum atomic E-state index is 5.01. The van der Waals surface area contributed by atoms with Crippen molar-refractivity contribution in [2.75, 3.05) is 0 Å². The van der Waals surface area contributed by atoms with Crippen molar-refractivity contribution < 1.29 is 0 Å². The van der Waals surface area contributed by atoms with Gasteiger partial charge in [-0.2, -0.15) is 0 Å². The van der Waals surface area contributed by atoms with E-state index in [9.17, 15) is 0 Å². The van der Waals surface area contributed by atoms with Gasteiger partial charge in [-0.05, 0) is 69.2 Å². The molecule has 0 bridgehead atoms. The van der Waals surface area contributed by atoms with E-state index in [0.29, 0.717) is 0 Å². The summed E-state index contributed by atoms with van der Waals surface area (Å²) in [5.41, 5.74) is 9.00. The molecule has 2 heteroatoms. The smallest absolute Gasteiger partial charge is 0.145 e.